The number of hydrogen-bond donors (Lipinski definition) is 0. The molecular weight excluding hydrogens is 296 g/mol. The van der Waals surface area contributed by atoms with Crippen molar-refractivity contribution < 1.29 is 13.6 Å². The average molecular weight is 315 g/mol. The quantitative estimate of drug-likeness (QED) is 0.795. The minimum atomic E-state index is -1.07. The van der Waals surface area contributed by atoms with Gasteiger partial charge in [-0.3, -0.25) is 4.79 Å². The van der Waals surface area contributed by atoms with Crippen LogP contribution >= 0.6 is 0 Å². The Balaban J connectivity index is 1.93. The van der Waals surface area contributed by atoms with Crippen molar-refractivity contribution in [1.29, 1.82) is 0 Å². The predicted molar refractivity (Wildman–Crippen MR) is 85.3 cm³/mol. The highest BCUT2D eigenvalue weighted by molar-refractivity contribution is 5.95. The van der Waals surface area contributed by atoms with Crippen LogP contribution in [-0.4, -0.2) is 17.4 Å². The zero-order valence-electron chi connectivity index (χ0n) is 13.3. The van der Waals surface area contributed by atoms with Crippen LogP contribution in [-0.2, 0) is 0 Å². The summed E-state index contributed by atoms with van der Waals surface area (Å²) in [4.78, 5) is 14.3. The van der Waals surface area contributed by atoms with Crippen molar-refractivity contribution in [2.45, 2.75) is 32.7 Å². The van der Waals surface area contributed by atoms with E-state index in [1.807, 2.05) is 26.0 Å². The summed E-state index contributed by atoms with van der Waals surface area (Å²) >= 11 is 0. The minimum absolute atomic E-state index is 0.0792. The molecule has 0 radical (unpaired) electrons. The molecule has 4 heteroatoms. The van der Waals surface area contributed by atoms with Crippen LogP contribution in [0.5, 0.6) is 0 Å². The maximum Gasteiger partial charge on any atom is 0.257 e. The van der Waals surface area contributed by atoms with Crippen molar-refractivity contribution in [2.75, 3.05) is 6.54 Å². The second-order valence-electron chi connectivity index (χ2n) is 6.10. The molecule has 1 heterocycles. The fourth-order valence-corrected chi connectivity index (χ4v) is 3.15. The van der Waals surface area contributed by atoms with Gasteiger partial charge in [0.1, 0.15) is 0 Å². The van der Waals surface area contributed by atoms with Crippen molar-refractivity contribution in [3.63, 3.8) is 0 Å². The summed E-state index contributed by atoms with van der Waals surface area (Å²) in [5.74, 6) is -2.50. The van der Waals surface area contributed by atoms with E-state index in [0.717, 1.165) is 24.5 Å². The van der Waals surface area contributed by atoms with Gasteiger partial charge in [-0.1, -0.05) is 24.3 Å². The van der Waals surface area contributed by atoms with Crippen LogP contribution in [0.3, 0.4) is 0 Å². The third-order valence-corrected chi connectivity index (χ3v) is 4.61. The number of benzene rings is 2. The first-order valence-electron chi connectivity index (χ1n) is 7.81. The van der Waals surface area contributed by atoms with Gasteiger partial charge in [0.15, 0.2) is 11.6 Å². The van der Waals surface area contributed by atoms with E-state index in [4.69, 9.17) is 0 Å². The number of rotatable bonds is 2. The van der Waals surface area contributed by atoms with Gasteiger partial charge in [0.05, 0.1) is 11.6 Å². The summed E-state index contributed by atoms with van der Waals surface area (Å²) in [6.45, 7) is 4.64. The van der Waals surface area contributed by atoms with Crippen LogP contribution < -0.4 is 0 Å². The maximum absolute atomic E-state index is 13.9. The number of likely N-dealkylation sites (tertiary alicyclic amines) is 1. The normalized spacial score (nSPS) is 17.6. The first kappa shape index (κ1) is 15.7. The lowest BCUT2D eigenvalue weighted by atomic mass is 9.99. The lowest BCUT2D eigenvalue weighted by Gasteiger charge is -2.26. The van der Waals surface area contributed by atoms with Crippen molar-refractivity contribution in [3.05, 3.63) is 70.3 Å². The van der Waals surface area contributed by atoms with Gasteiger partial charge in [0, 0.05) is 6.54 Å². The molecule has 2 nitrogen and oxygen atoms in total. The average Bonchev–Trinajstić information content (AvgIpc) is 3.01. The smallest absolute Gasteiger partial charge is 0.257 e. The monoisotopic (exact) mass is 315 g/mol. The Morgan fingerprint density at radius 3 is 2.65 bits per heavy atom. The number of halogens is 2. The molecule has 2 aromatic carbocycles. The van der Waals surface area contributed by atoms with Gasteiger partial charge in [-0.2, -0.15) is 0 Å². The second kappa shape index (κ2) is 6.11. The zero-order valence-corrected chi connectivity index (χ0v) is 13.3. The van der Waals surface area contributed by atoms with Gasteiger partial charge >= 0.3 is 0 Å². The van der Waals surface area contributed by atoms with Crippen LogP contribution in [0.2, 0.25) is 0 Å². The lowest BCUT2D eigenvalue weighted by molar-refractivity contribution is 0.0729. The largest absolute Gasteiger partial charge is 0.332 e. The molecule has 1 saturated heterocycles. The van der Waals surface area contributed by atoms with E-state index in [1.54, 1.807) is 4.90 Å². The third kappa shape index (κ3) is 2.85. The Morgan fingerprint density at radius 2 is 1.91 bits per heavy atom. The lowest BCUT2D eigenvalue weighted by Crippen LogP contribution is -2.31. The van der Waals surface area contributed by atoms with Gasteiger partial charge in [-0.15, -0.1) is 0 Å². The van der Waals surface area contributed by atoms with E-state index in [-0.39, 0.29) is 11.6 Å². The number of nitrogens with zero attached hydrogens (tertiary/aromatic N) is 1. The van der Waals surface area contributed by atoms with Crippen molar-refractivity contribution in [2.24, 2.45) is 0 Å². The topological polar surface area (TPSA) is 20.3 Å². The molecule has 1 amide bonds. The zero-order chi connectivity index (χ0) is 16.6. The molecule has 0 aromatic heterocycles. The predicted octanol–water partition coefficient (Wildman–Crippen LogP) is 4.56. The Bertz CT molecular complexity index is 757. The number of carbonyl (C=O) groups excluding carboxylic acids is 1. The molecule has 23 heavy (non-hydrogen) atoms. The Labute approximate surface area is 134 Å². The SMILES string of the molecule is Cc1ccc(C2CCCN2C(=O)c2cccc(F)c2F)cc1C. The van der Waals surface area contributed by atoms with Crippen LogP contribution in [0.1, 0.15) is 45.9 Å². The fraction of sp³-hybridized carbons (Fsp3) is 0.316. The number of aryl methyl sites for hydroxylation is 2. The highest BCUT2D eigenvalue weighted by atomic mass is 19.2. The fourth-order valence-electron chi connectivity index (χ4n) is 3.15. The first-order valence-corrected chi connectivity index (χ1v) is 7.81. The molecule has 2 aromatic rings. The highest BCUT2D eigenvalue weighted by Crippen LogP contribution is 2.34. The molecule has 1 aliphatic rings. The van der Waals surface area contributed by atoms with Crippen molar-refractivity contribution in [3.8, 4) is 0 Å². The summed E-state index contributed by atoms with van der Waals surface area (Å²) in [6.07, 6.45) is 1.70. The number of hydrogen-bond acceptors (Lipinski definition) is 1. The Hall–Kier alpha value is -2.23. The molecular formula is C19H19F2NO. The summed E-state index contributed by atoms with van der Waals surface area (Å²) < 4.78 is 27.3. The van der Waals surface area contributed by atoms with E-state index in [2.05, 4.69) is 6.07 Å². The molecule has 3 rings (SSSR count). The van der Waals surface area contributed by atoms with Crippen molar-refractivity contribution >= 4 is 5.91 Å². The Morgan fingerprint density at radius 1 is 1.13 bits per heavy atom. The van der Waals surface area contributed by atoms with E-state index in [0.29, 0.717) is 6.54 Å². The van der Waals surface area contributed by atoms with Gasteiger partial charge in [-0.25, -0.2) is 8.78 Å². The molecule has 1 atom stereocenters. The maximum atomic E-state index is 13.9. The second-order valence-corrected chi connectivity index (χ2v) is 6.10. The van der Waals surface area contributed by atoms with E-state index in [9.17, 15) is 13.6 Å². The van der Waals surface area contributed by atoms with Gasteiger partial charge in [0.25, 0.3) is 5.91 Å². The third-order valence-electron chi connectivity index (χ3n) is 4.61. The first-order chi connectivity index (χ1) is 11.0. The summed E-state index contributed by atoms with van der Waals surface area (Å²) in [5.41, 5.74) is 3.22. The summed E-state index contributed by atoms with van der Waals surface area (Å²) in [5, 5.41) is 0. The minimum Gasteiger partial charge on any atom is -0.332 e. The molecule has 0 spiro atoms. The van der Waals surface area contributed by atoms with Crippen molar-refractivity contribution in [1.82, 2.24) is 4.90 Å². The summed E-state index contributed by atoms with van der Waals surface area (Å²) in [6, 6.07) is 9.78. The van der Waals surface area contributed by atoms with Gasteiger partial charge in [-0.05, 0) is 55.5 Å². The molecule has 1 aliphatic heterocycles. The highest BCUT2D eigenvalue weighted by Gasteiger charge is 2.32. The van der Waals surface area contributed by atoms with Gasteiger partial charge < -0.3 is 4.90 Å². The van der Waals surface area contributed by atoms with E-state index < -0.39 is 17.5 Å². The summed E-state index contributed by atoms with van der Waals surface area (Å²) in [7, 11) is 0. The van der Waals surface area contributed by atoms with E-state index >= 15 is 0 Å². The molecule has 0 bridgehead atoms. The van der Waals surface area contributed by atoms with Gasteiger partial charge in [0.2, 0.25) is 0 Å². The standard InChI is InChI=1S/C19H19F2NO/c1-12-8-9-14(11-13(12)2)17-7-4-10-22(17)19(23)15-5-3-6-16(20)18(15)21/h3,5-6,8-9,11,17H,4,7,10H2,1-2H3. The van der Waals surface area contributed by atoms with Crippen LogP contribution in [0.25, 0.3) is 0 Å². The molecule has 1 unspecified atom stereocenters. The van der Waals surface area contributed by atoms with Crippen LogP contribution in [0.15, 0.2) is 36.4 Å². The Kier molecular flexibility index (Phi) is 4.16. The molecule has 1 fully saturated rings. The molecule has 120 valence electrons. The van der Waals surface area contributed by atoms with Crippen LogP contribution in [0, 0.1) is 25.5 Å². The van der Waals surface area contributed by atoms with E-state index in [1.165, 1.54) is 23.3 Å². The molecule has 0 saturated carbocycles. The molecule has 0 N–H and O–H groups in total. The number of carbonyl (C=O) groups is 1. The van der Waals surface area contributed by atoms with Crippen LogP contribution in [0.4, 0.5) is 8.78 Å². The molecule has 0 aliphatic carbocycles. The number of amides is 1.